The van der Waals surface area contributed by atoms with Gasteiger partial charge in [0.25, 0.3) is 5.69 Å². The summed E-state index contributed by atoms with van der Waals surface area (Å²) < 4.78 is 26.9. The standard InChI is InChI=1S/C14H22N2O5S/c1-10-5-6-11(16(18)19)9-12(10)22(20,21)15-8-7-13(17)14(2,3)4/h5-6,9,13,15,17H,7-8H2,1-4H3. The molecule has 0 saturated heterocycles. The Bertz CT molecular complexity index is 650. The number of benzene rings is 1. The summed E-state index contributed by atoms with van der Waals surface area (Å²) in [6.45, 7) is 7.20. The number of aryl methyl sites for hydroxylation is 1. The number of hydrogen-bond donors (Lipinski definition) is 2. The van der Waals surface area contributed by atoms with Crippen LogP contribution in [0.5, 0.6) is 0 Å². The highest BCUT2D eigenvalue weighted by atomic mass is 32.2. The lowest BCUT2D eigenvalue weighted by Gasteiger charge is -2.25. The van der Waals surface area contributed by atoms with Gasteiger partial charge in [0.05, 0.1) is 15.9 Å². The molecule has 1 atom stereocenters. The van der Waals surface area contributed by atoms with Crippen LogP contribution >= 0.6 is 0 Å². The van der Waals surface area contributed by atoms with Crippen molar-refractivity contribution >= 4 is 15.7 Å². The number of hydrogen-bond acceptors (Lipinski definition) is 5. The molecule has 0 bridgehead atoms. The smallest absolute Gasteiger partial charge is 0.270 e. The van der Waals surface area contributed by atoms with Crippen LogP contribution in [0.25, 0.3) is 0 Å². The minimum absolute atomic E-state index is 0.0584. The molecule has 0 aliphatic carbocycles. The molecule has 2 N–H and O–H groups in total. The van der Waals surface area contributed by atoms with Gasteiger partial charge < -0.3 is 5.11 Å². The summed E-state index contributed by atoms with van der Waals surface area (Å²) in [5, 5.41) is 20.7. The molecule has 0 aliphatic rings. The van der Waals surface area contributed by atoms with Crippen molar-refractivity contribution in [2.75, 3.05) is 6.54 Å². The first-order chi connectivity index (χ1) is 9.95. The number of aliphatic hydroxyl groups is 1. The molecule has 22 heavy (non-hydrogen) atoms. The Morgan fingerprint density at radius 3 is 2.45 bits per heavy atom. The number of sulfonamides is 1. The van der Waals surface area contributed by atoms with Gasteiger partial charge in [0.1, 0.15) is 0 Å². The number of non-ortho nitro benzene ring substituents is 1. The van der Waals surface area contributed by atoms with E-state index in [2.05, 4.69) is 4.72 Å². The molecule has 0 radical (unpaired) electrons. The highest BCUT2D eigenvalue weighted by Gasteiger charge is 2.24. The lowest BCUT2D eigenvalue weighted by molar-refractivity contribution is -0.385. The Morgan fingerprint density at radius 2 is 1.95 bits per heavy atom. The summed E-state index contributed by atoms with van der Waals surface area (Å²) >= 11 is 0. The summed E-state index contributed by atoms with van der Waals surface area (Å²) in [6, 6.07) is 3.70. The van der Waals surface area contributed by atoms with Gasteiger partial charge in [0, 0.05) is 18.7 Å². The summed E-state index contributed by atoms with van der Waals surface area (Å²) in [6.07, 6.45) is -0.391. The maximum atomic E-state index is 12.2. The topological polar surface area (TPSA) is 110 Å². The summed E-state index contributed by atoms with van der Waals surface area (Å²) in [4.78, 5) is 10.0. The van der Waals surface area contributed by atoms with Crippen molar-refractivity contribution in [3.8, 4) is 0 Å². The summed E-state index contributed by atoms with van der Waals surface area (Å²) in [5.74, 6) is 0. The molecule has 1 aromatic carbocycles. The number of aliphatic hydroxyl groups excluding tert-OH is 1. The first-order valence-electron chi connectivity index (χ1n) is 6.88. The van der Waals surface area contributed by atoms with Gasteiger partial charge in [-0.1, -0.05) is 26.8 Å². The Kier molecular flexibility index (Phi) is 5.66. The fourth-order valence-corrected chi connectivity index (χ4v) is 3.14. The van der Waals surface area contributed by atoms with E-state index in [1.54, 1.807) is 6.92 Å². The molecule has 0 heterocycles. The van der Waals surface area contributed by atoms with Gasteiger partial charge in [0.2, 0.25) is 10.0 Å². The Morgan fingerprint density at radius 1 is 1.36 bits per heavy atom. The molecule has 1 unspecified atom stereocenters. The second-order valence-corrected chi connectivity index (χ2v) is 8.01. The Hall–Kier alpha value is -1.51. The SMILES string of the molecule is Cc1ccc([N+](=O)[O-])cc1S(=O)(=O)NCCC(O)C(C)(C)C. The van der Waals surface area contributed by atoms with Gasteiger partial charge >= 0.3 is 0 Å². The monoisotopic (exact) mass is 330 g/mol. The van der Waals surface area contributed by atoms with Crippen molar-refractivity contribution in [1.29, 1.82) is 0 Å². The quantitative estimate of drug-likeness (QED) is 0.612. The molecule has 1 aromatic rings. The maximum Gasteiger partial charge on any atom is 0.270 e. The summed E-state index contributed by atoms with van der Waals surface area (Å²) in [5.41, 5.74) is -0.192. The van der Waals surface area contributed by atoms with Crippen LogP contribution in [0.1, 0.15) is 32.8 Å². The minimum Gasteiger partial charge on any atom is -0.393 e. The molecular weight excluding hydrogens is 308 g/mol. The van der Waals surface area contributed by atoms with Gasteiger partial charge in [0.15, 0.2) is 0 Å². The van der Waals surface area contributed by atoms with E-state index in [-0.39, 0.29) is 29.0 Å². The average molecular weight is 330 g/mol. The van der Waals surface area contributed by atoms with Crippen LogP contribution < -0.4 is 4.72 Å². The fourth-order valence-electron chi connectivity index (χ4n) is 1.83. The van der Waals surface area contributed by atoms with E-state index in [1.807, 2.05) is 20.8 Å². The predicted molar refractivity (Wildman–Crippen MR) is 83.1 cm³/mol. The van der Waals surface area contributed by atoms with Gasteiger partial charge in [-0.25, -0.2) is 13.1 Å². The van der Waals surface area contributed by atoms with Crippen molar-refractivity contribution < 1.29 is 18.4 Å². The molecule has 7 nitrogen and oxygen atoms in total. The molecule has 0 spiro atoms. The maximum absolute atomic E-state index is 12.2. The van der Waals surface area contributed by atoms with Crippen molar-refractivity contribution in [1.82, 2.24) is 4.72 Å². The number of nitro benzene ring substituents is 1. The number of nitrogens with one attached hydrogen (secondary N) is 1. The number of nitrogens with zero attached hydrogens (tertiary/aromatic N) is 1. The van der Waals surface area contributed by atoms with Crippen molar-refractivity contribution in [2.24, 2.45) is 5.41 Å². The lowest BCUT2D eigenvalue weighted by Crippen LogP contribution is -2.32. The van der Waals surface area contributed by atoms with Crippen LogP contribution in [-0.2, 0) is 10.0 Å². The van der Waals surface area contributed by atoms with Crippen LogP contribution in [-0.4, -0.2) is 31.1 Å². The Balaban J connectivity index is 2.87. The van der Waals surface area contributed by atoms with Crippen LogP contribution in [0, 0.1) is 22.5 Å². The second kappa shape index (κ2) is 6.72. The van der Waals surface area contributed by atoms with Crippen molar-refractivity contribution in [3.63, 3.8) is 0 Å². The predicted octanol–water partition coefficient (Wildman–Crippen LogP) is 1.98. The minimum atomic E-state index is -3.85. The van der Waals surface area contributed by atoms with Crippen LogP contribution in [0.4, 0.5) is 5.69 Å². The van der Waals surface area contributed by atoms with E-state index < -0.39 is 21.1 Å². The normalized spacial score (nSPS) is 13.9. The number of nitro groups is 1. The van der Waals surface area contributed by atoms with E-state index in [1.165, 1.54) is 12.1 Å². The highest BCUT2D eigenvalue weighted by Crippen LogP contribution is 2.23. The average Bonchev–Trinajstić information content (AvgIpc) is 2.37. The van der Waals surface area contributed by atoms with Gasteiger partial charge in [-0.2, -0.15) is 0 Å². The molecular formula is C14H22N2O5S. The van der Waals surface area contributed by atoms with E-state index in [9.17, 15) is 23.6 Å². The van der Waals surface area contributed by atoms with E-state index in [0.29, 0.717) is 5.56 Å². The largest absolute Gasteiger partial charge is 0.393 e. The van der Waals surface area contributed by atoms with E-state index in [0.717, 1.165) is 6.07 Å². The van der Waals surface area contributed by atoms with E-state index in [4.69, 9.17) is 0 Å². The molecule has 1 rings (SSSR count). The van der Waals surface area contributed by atoms with Gasteiger partial charge in [-0.05, 0) is 24.3 Å². The van der Waals surface area contributed by atoms with E-state index >= 15 is 0 Å². The first-order valence-corrected chi connectivity index (χ1v) is 8.36. The molecule has 0 aromatic heterocycles. The molecule has 8 heteroatoms. The lowest BCUT2D eigenvalue weighted by atomic mass is 9.87. The molecule has 0 saturated carbocycles. The molecule has 124 valence electrons. The molecule has 0 fully saturated rings. The summed E-state index contributed by atoms with van der Waals surface area (Å²) in [7, 11) is -3.85. The number of rotatable bonds is 6. The van der Waals surface area contributed by atoms with Crippen molar-refractivity contribution in [2.45, 2.75) is 45.1 Å². The molecule has 0 aliphatic heterocycles. The van der Waals surface area contributed by atoms with Crippen molar-refractivity contribution in [3.05, 3.63) is 33.9 Å². The highest BCUT2D eigenvalue weighted by molar-refractivity contribution is 7.89. The van der Waals surface area contributed by atoms with Gasteiger partial charge in [-0.3, -0.25) is 10.1 Å². The van der Waals surface area contributed by atoms with Crippen LogP contribution in [0.3, 0.4) is 0 Å². The Labute approximate surface area is 130 Å². The molecule has 0 amide bonds. The third-order valence-electron chi connectivity index (χ3n) is 3.38. The fraction of sp³-hybridized carbons (Fsp3) is 0.571. The van der Waals surface area contributed by atoms with Gasteiger partial charge in [-0.15, -0.1) is 0 Å². The second-order valence-electron chi connectivity index (χ2n) is 6.28. The van der Waals surface area contributed by atoms with Crippen LogP contribution in [0.2, 0.25) is 0 Å². The zero-order chi connectivity index (χ0) is 17.1. The van der Waals surface area contributed by atoms with Crippen LogP contribution in [0.15, 0.2) is 23.1 Å². The third kappa shape index (κ3) is 4.75. The zero-order valence-electron chi connectivity index (χ0n) is 13.2. The first kappa shape index (κ1) is 18.5. The zero-order valence-corrected chi connectivity index (χ0v) is 14.0. The third-order valence-corrected chi connectivity index (χ3v) is 4.98.